The van der Waals surface area contributed by atoms with Crippen molar-refractivity contribution < 1.29 is 4.79 Å². The molecule has 1 heterocycles. The highest BCUT2D eigenvalue weighted by atomic mass is 16.2. The second-order valence-electron chi connectivity index (χ2n) is 8.36. The summed E-state index contributed by atoms with van der Waals surface area (Å²) in [5.41, 5.74) is 5.03. The zero-order chi connectivity index (χ0) is 20.1. The van der Waals surface area contributed by atoms with Crippen LogP contribution >= 0.6 is 0 Å². The Labute approximate surface area is 170 Å². The number of benzene rings is 2. The van der Waals surface area contributed by atoms with Crippen LogP contribution in [-0.4, -0.2) is 29.9 Å². The van der Waals surface area contributed by atoms with Crippen molar-refractivity contribution in [3.63, 3.8) is 0 Å². The first kappa shape index (κ1) is 20.6. The van der Waals surface area contributed by atoms with Gasteiger partial charge in [0.15, 0.2) is 0 Å². The van der Waals surface area contributed by atoms with Crippen molar-refractivity contribution in [1.29, 1.82) is 0 Å². The zero-order valence-electron chi connectivity index (χ0n) is 17.8. The first-order valence-electron chi connectivity index (χ1n) is 10.7. The maximum atomic E-state index is 12.7. The molecule has 0 spiro atoms. The molecule has 2 aromatic carbocycles. The van der Waals surface area contributed by atoms with Gasteiger partial charge in [-0.25, -0.2) is 0 Å². The maximum absolute atomic E-state index is 12.7. The number of anilines is 1. The standard InChI is InChI=1S/C25H34N2O/c1-5-25(28)27(24-8-6-7-20(4)17-24)23-13-15-26(16-14-23)18-21-9-11-22(12-10-21)19(2)3/h6-12,17,19,23H,5,13-16,18H2,1-4H3. The first-order valence-corrected chi connectivity index (χ1v) is 10.7. The molecule has 2 aromatic rings. The summed E-state index contributed by atoms with van der Waals surface area (Å²) < 4.78 is 0. The Kier molecular flexibility index (Phi) is 6.90. The SMILES string of the molecule is CCC(=O)N(c1cccc(C)c1)C1CCN(Cc2ccc(C(C)C)cc2)CC1. The van der Waals surface area contributed by atoms with Gasteiger partial charge in [-0.2, -0.15) is 0 Å². The molecule has 1 aliphatic rings. The smallest absolute Gasteiger partial charge is 0.226 e. The molecular weight excluding hydrogens is 344 g/mol. The fourth-order valence-electron chi connectivity index (χ4n) is 4.11. The van der Waals surface area contributed by atoms with E-state index in [1.807, 2.05) is 6.92 Å². The summed E-state index contributed by atoms with van der Waals surface area (Å²) in [7, 11) is 0. The Morgan fingerprint density at radius 3 is 2.36 bits per heavy atom. The lowest BCUT2D eigenvalue weighted by Crippen LogP contribution is -2.47. The van der Waals surface area contributed by atoms with E-state index in [1.165, 1.54) is 16.7 Å². The zero-order valence-corrected chi connectivity index (χ0v) is 17.8. The van der Waals surface area contributed by atoms with E-state index in [4.69, 9.17) is 0 Å². The number of hydrogen-bond acceptors (Lipinski definition) is 2. The molecule has 150 valence electrons. The average molecular weight is 379 g/mol. The molecule has 0 saturated carbocycles. The molecule has 1 amide bonds. The molecule has 1 fully saturated rings. The van der Waals surface area contributed by atoms with E-state index in [0.29, 0.717) is 18.4 Å². The fourth-order valence-corrected chi connectivity index (χ4v) is 4.11. The van der Waals surface area contributed by atoms with Gasteiger partial charge in [0, 0.05) is 37.8 Å². The van der Waals surface area contributed by atoms with Crippen LogP contribution in [0.1, 0.15) is 62.6 Å². The number of aryl methyl sites for hydroxylation is 1. The number of amides is 1. The van der Waals surface area contributed by atoms with Crippen LogP contribution in [0, 0.1) is 6.92 Å². The number of hydrogen-bond donors (Lipinski definition) is 0. The van der Waals surface area contributed by atoms with E-state index in [9.17, 15) is 4.79 Å². The van der Waals surface area contributed by atoms with Gasteiger partial charge >= 0.3 is 0 Å². The van der Waals surface area contributed by atoms with Crippen molar-refractivity contribution in [1.82, 2.24) is 4.90 Å². The van der Waals surface area contributed by atoms with Crippen LogP contribution in [0.2, 0.25) is 0 Å². The van der Waals surface area contributed by atoms with E-state index in [0.717, 1.165) is 38.2 Å². The molecule has 3 heteroatoms. The predicted molar refractivity (Wildman–Crippen MR) is 118 cm³/mol. The normalized spacial score (nSPS) is 15.8. The molecule has 0 bridgehead atoms. The quantitative estimate of drug-likeness (QED) is 0.660. The Morgan fingerprint density at radius 2 is 1.79 bits per heavy atom. The van der Waals surface area contributed by atoms with Crippen molar-refractivity contribution in [3.05, 3.63) is 65.2 Å². The third-order valence-corrected chi connectivity index (χ3v) is 5.83. The van der Waals surface area contributed by atoms with Crippen LogP contribution in [0.5, 0.6) is 0 Å². The minimum Gasteiger partial charge on any atom is -0.309 e. The minimum absolute atomic E-state index is 0.230. The highest BCUT2D eigenvalue weighted by Crippen LogP contribution is 2.26. The van der Waals surface area contributed by atoms with E-state index in [-0.39, 0.29) is 5.91 Å². The molecule has 28 heavy (non-hydrogen) atoms. The molecule has 0 aromatic heterocycles. The summed E-state index contributed by atoms with van der Waals surface area (Å²) in [6, 6.07) is 17.7. The maximum Gasteiger partial charge on any atom is 0.226 e. The Bertz CT molecular complexity index is 773. The van der Waals surface area contributed by atoms with Gasteiger partial charge in [0.25, 0.3) is 0 Å². The Morgan fingerprint density at radius 1 is 1.11 bits per heavy atom. The second kappa shape index (κ2) is 9.38. The summed E-state index contributed by atoms with van der Waals surface area (Å²) >= 11 is 0. The molecule has 3 nitrogen and oxygen atoms in total. The molecular formula is C25H34N2O. The monoisotopic (exact) mass is 378 g/mol. The van der Waals surface area contributed by atoms with E-state index < -0.39 is 0 Å². The molecule has 0 unspecified atom stereocenters. The van der Waals surface area contributed by atoms with Gasteiger partial charge in [-0.1, -0.05) is 57.2 Å². The first-order chi connectivity index (χ1) is 13.5. The van der Waals surface area contributed by atoms with Gasteiger partial charge in [-0.15, -0.1) is 0 Å². The molecule has 1 aliphatic heterocycles. The van der Waals surface area contributed by atoms with E-state index in [1.54, 1.807) is 0 Å². The summed E-state index contributed by atoms with van der Waals surface area (Å²) in [5, 5.41) is 0. The molecule has 1 saturated heterocycles. The second-order valence-corrected chi connectivity index (χ2v) is 8.36. The number of piperidine rings is 1. The van der Waals surface area contributed by atoms with Crippen molar-refractivity contribution in [2.24, 2.45) is 0 Å². The van der Waals surface area contributed by atoms with Crippen molar-refractivity contribution in [2.45, 2.75) is 65.5 Å². The molecule has 0 aliphatic carbocycles. The van der Waals surface area contributed by atoms with Gasteiger partial charge in [-0.05, 0) is 54.5 Å². The summed E-state index contributed by atoms with van der Waals surface area (Å²) in [6.07, 6.45) is 2.61. The van der Waals surface area contributed by atoms with Gasteiger partial charge in [0.05, 0.1) is 0 Å². The van der Waals surface area contributed by atoms with Gasteiger partial charge < -0.3 is 4.90 Å². The van der Waals surface area contributed by atoms with Crippen LogP contribution in [0.15, 0.2) is 48.5 Å². The molecule has 3 rings (SSSR count). The lowest BCUT2D eigenvalue weighted by atomic mass is 9.99. The third-order valence-electron chi connectivity index (χ3n) is 5.83. The lowest BCUT2D eigenvalue weighted by Gasteiger charge is -2.38. The van der Waals surface area contributed by atoms with Crippen molar-refractivity contribution >= 4 is 11.6 Å². The topological polar surface area (TPSA) is 23.6 Å². The summed E-state index contributed by atoms with van der Waals surface area (Å²) in [6.45, 7) is 11.6. The predicted octanol–water partition coefficient (Wildman–Crippen LogP) is 5.53. The largest absolute Gasteiger partial charge is 0.309 e. The van der Waals surface area contributed by atoms with E-state index >= 15 is 0 Å². The van der Waals surface area contributed by atoms with Gasteiger partial charge in [0.2, 0.25) is 5.91 Å². The van der Waals surface area contributed by atoms with Gasteiger partial charge in [-0.3, -0.25) is 9.69 Å². The summed E-state index contributed by atoms with van der Waals surface area (Å²) in [5.74, 6) is 0.807. The molecule has 0 atom stereocenters. The number of rotatable bonds is 6. The van der Waals surface area contributed by atoms with E-state index in [2.05, 4.69) is 79.1 Å². The van der Waals surface area contributed by atoms with Crippen LogP contribution in [0.4, 0.5) is 5.69 Å². The van der Waals surface area contributed by atoms with Crippen LogP contribution < -0.4 is 4.90 Å². The van der Waals surface area contributed by atoms with Crippen LogP contribution in [0.3, 0.4) is 0 Å². The number of carbonyl (C=O) groups is 1. The molecule has 0 N–H and O–H groups in total. The highest BCUT2D eigenvalue weighted by Gasteiger charge is 2.28. The van der Waals surface area contributed by atoms with Crippen LogP contribution in [0.25, 0.3) is 0 Å². The molecule has 0 radical (unpaired) electrons. The Hall–Kier alpha value is -2.13. The third kappa shape index (κ3) is 5.02. The summed E-state index contributed by atoms with van der Waals surface area (Å²) in [4.78, 5) is 17.3. The van der Waals surface area contributed by atoms with Crippen molar-refractivity contribution in [2.75, 3.05) is 18.0 Å². The number of likely N-dealkylation sites (tertiary alicyclic amines) is 1. The highest BCUT2D eigenvalue weighted by molar-refractivity contribution is 5.93. The Balaban J connectivity index is 1.63. The van der Waals surface area contributed by atoms with Gasteiger partial charge in [0.1, 0.15) is 0 Å². The minimum atomic E-state index is 0.230. The van der Waals surface area contributed by atoms with Crippen molar-refractivity contribution in [3.8, 4) is 0 Å². The number of nitrogens with zero attached hydrogens (tertiary/aromatic N) is 2. The number of carbonyl (C=O) groups excluding carboxylic acids is 1. The average Bonchev–Trinajstić information content (AvgIpc) is 2.70. The lowest BCUT2D eigenvalue weighted by molar-refractivity contribution is -0.119. The fraction of sp³-hybridized carbons (Fsp3) is 0.480. The van der Waals surface area contributed by atoms with Crippen LogP contribution in [-0.2, 0) is 11.3 Å².